The predicted molar refractivity (Wildman–Crippen MR) is 73.4 cm³/mol. The molecule has 0 aliphatic rings. The lowest BCUT2D eigenvalue weighted by molar-refractivity contribution is 0.385. The summed E-state index contributed by atoms with van der Waals surface area (Å²) in [5.41, 5.74) is 8.43. The van der Waals surface area contributed by atoms with Gasteiger partial charge in [-0.05, 0) is 17.7 Å². The first-order chi connectivity index (χ1) is 9.31. The Hall–Kier alpha value is -2.62. The molecular weight excluding hydrogens is 238 g/mol. The Kier molecular flexibility index (Phi) is 2.98. The number of nitrogens with two attached hydrogens (primary N) is 1. The summed E-state index contributed by atoms with van der Waals surface area (Å²) in [6.45, 7) is 0. The van der Waals surface area contributed by atoms with E-state index in [1.54, 1.807) is 0 Å². The van der Waals surface area contributed by atoms with Crippen LogP contribution in [-0.4, -0.2) is 10.1 Å². The molecule has 0 saturated carbocycles. The molecule has 2 N–H and O–H groups in total. The zero-order valence-corrected chi connectivity index (χ0v) is 10.3. The number of anilines is 1. The highest BCUT2D eigenvalue weighted by atomic mass is 16.5. The molecule has 0 fully saturated rings. The minimum absolute atomic E-state index is 0.568. The van der Waals surface area contributed by atoms with E-state index in [0.29, 0.717) is 23.8 Å². The van der Waals surface area contributed by atoms with Gasteiger partial charge in [-0.2, -0.15) is 4.98 Å². The minimum Gasteiger partial charge on any atom is -0.399 e. The van der Waals surface area contributed by atoms with Crippen LogP contribution in [0.1, 0.15) is 11.5 Å². The quantitative estimate of drug-likeness (QED) is 0.727. The Morgan fingerprint density at radius 1 is 1.00 bits per heavy atom. The van der Waals surface area contributed by atoms with E-state index < -0.39 is 0 Å². The van der Waals surface area contributed by atoms with Crippen molar-refractivity contribution in [2.45, 2.75) is 6.42 Å². The van der Waals surface area contributed by atoms with Gasteiger partial charge in [-0.3, -0.25) is 0 Å². The number of hydrogen-bond donors (Lipinski definition) is 1. The average molecular weight is 251 g/mol. The molecule has 4 heteroatoms. The van der Waals surface area contributed by atoms with Crippen LogP contribution in [0, 0.1) is 0 Å². The lowest BCUT2D eigenvalue weighted by Crippen LogP contribution is -1.89. The maximum atomic E-state index is 5.74. The summed E-state index contributed by atoms with van der Waals surface area (Å²) in [5.74, 6) is 1.17. The highest BCUT2D eigenvalue weighted by molar-refractivity contribution is 5.60. The molecule has 4 nitrogen and oxygen atoms in total. The maximum Gasteiger partial charge on any atom is 0.231 e. The van der Waals surface area contributed by atoms with E-state index in [0.717, 1.165) is 11.1 Å². The molecule has 3 rings (SSSR count). The first-order valence-electron chi connectivity index (χ1n) is 6.04. The Balaban J connectivity index is 1.84. The SMILES string of the molecule is Nc1cccc(-c2noc(Cc3ccccc3)n2)c1. The standard InChI is InChI=1S/C15H13N3O/c16-13-8-4-7-12(10-13)15-17-14(19-18-15)9-11-5-2-1-3-6-11/h1-8,10H,9,16H2. The molecule has 0 atom stereocenters. The summed E-state index contributed by atoms with van der Waals surface area (Å²) >= 11 is 0. The van der Waals surface area contributed by atoms with Gasteiger partial charge in [0.2, 0.25) is 11.7 Å². The van der Waals surface area contributed by atoms with E-state index in [4.69, 9.17) is 10.3 Å². The second-order valence-electron chi connectivity index (χ2n) is 4.30. The van der Waals surface area contributed by atoms with Crippen LogP contribution in [0.2, 0.25) is 0 Å². The van der Waals surface area contributed by atoms with E-state index in [1.807, 2.05) is 54.6 Å². The van der Waals surface area contributed by atoms with Crippen molar-refractivity contribution in [3.05, 3.63) is 66.1 Å². The molecule has 0 unspecified atom stereocenters. The molecule has 0 spiro atoms. The highest BCUT2D eigenvalue weighted by Crippen LogP contribution is 2.19. The van der Waals surface area contributed by atoms with E-state index >= 15 is 0 Å². The van der Waals surface area contributed by atoms with Gasteiger partial charge in [0.15, 0.2) is 0 Å². The molecule has 19 heavy (non-hydrogen) atoms. The van der Waals surface area contributed by atoms with Crippen LogP contribution < -0.4 is 5.73 Å². The van der Waals surface area contributed by atoms with E-state index in [1.165, 1.54) is 0 Å². The van der Waals surface area contributed by atoms with Crippen molar-refractivity contribution in [2.24, 2.45) is 0 Å². The van der Waals surface area contributed by atoms with Gasteiger partial charge in [0, 0.05) is 11.3 Å². The van der Waals surface area contributed by atoms with Crippen LogP contribution in [0.4, 0.5) is 5.69 Å². The molecular formula is C15H13N3O. The third kappa shape index (κ3) is 2.63. The van der Waals surface area contributed by atoms with Gasteiger partial charge in [0.1, 0.15) is 0 Å². The van der Waals surface area contributed by atoms with Gasteiger partial charge in [-0.25, -0.2) is 0 Å². The zero-order chi connectivity index (χ0) is 13.1. The van der Waals surface area contributed by atoms with Crippen LogP contribution in [0.3, 0.4) is 0 Å². The Bertz CT molecular complexity index is 677. The fraction of sp³-hybridized carbons (Fsp3) is 0.0667. The first kappa shape index (κ1) is 11.5. The van der Waals surface area contributed by atoms with Crippen molar-refractivity contribution in [3.63, 3.8) is 0 Å². The van der Waals surface area contributed by atoms with Gasteiger partial charge in [-0.15, -0.1) is 0 Å². The monoisotopic (exact) mass is 251 g/mol. The topological polar surface area (TPSA) is 64.9 Å². The molecule has 2 aromatic carbocycles. The van der Waals surface area contributed by atoms with Gasteiger partial charge >= 0.3 is 0 Å². The molecule has 0 saturated heterocycles. The van der Waals surface area contributed by atoms with Crippen molar-refractivity contribution >= 4 is 5.69 Å². The molecule has 0 aliphatic heterocycles. The Morgan fingerprint density at radius 3 is 2.63 bits per heavy atom. The fourth-order valence-electron chi connectivity index (χ4n) is 1.89. The maximum absolute atomic E-state index is 5.74. The zero-order valence-electron chi connectivity index (χ0n) is 10.3. The van der Waals surface area contributed by atoms with Crippen LogP contribution >= 0.6 is 0 Å². The average Bonchev–Trinajstić information content (AvgIpc) is 2.88. The molecule has 0 amide bonds. The number of benzene rings is 2. The lowest BCUT2D eigenvalue weighted by Gasteiger charge is -1.96. The van der Waals surface area contributed by atoms with E-state index in [2.05, 4.69) is 10.1 Å². The number of hydrogen-bond acceptors (Lipinski definition) is 4. The van der Waals surface area contributed by atoms with Crippen molar-refractivity contribution in [1.82, 2.24) is 10.1 Å². The summed E-state index contributed by atoms with van der Waals surface area (Å²) in [6, 6.07) is 17.5. The van der Waals surface area contributed by atoms with Crippen molar-refractivity contribution in [1.29, 1.82) is 0 Å². The molecule has 0 aliphatic carbocycles. The smallest absolute Gasteiger partial charge is 0.231 e. The van der Waals surface area contributed by atoms with Crippen LogP contribution in [0.5, 0.6) is 0 Å². The molecule has 94 valence electrons. The lowest BCUT2D eigenvalue weighted by atomic mass is 10.1. The summed E-state index contributed by atoms with van der Waals surface area (Å²) in [4.78, 5) is 4.38. The van der Waals surface area contributed by atoms with Crippen LogP contribution in [0.25, 0.3) is 11.4 Å². The van der Waals surface area contributed by atoms with Crippen molar-refractivity contribution in [2.75, 3.05) is 5.73 Å². The summed E-state index contributed by atoms with van der Waals surface area (Å²) in [5, 5.41) is 3.98. The summed E-state index contributed by atoms with van der Waals surface area (Å²) in [6.07, 6.45) is 0.635. The first-order valence-corrected chi connectivity index (χ1v) is 6.04. The highest BCUT2D eigenvalue weighted by Gasteiger charge is 2.09. The van der Waals surface area contributed by atoms with Gasteiger partial charge in [-0.1, -0.05) is 47.6 Å². The number of rotatable bonds is 3. The molecule has 0 bridgehead atoms. The molecule has 3 aromatic rings. The number of nitrogen functional groups attached to an aromatic ring is 1. The minimum atomic E-state index is 0.568. The molecule has 1 heterocycles. The van der Waals surface area contributed by atoms with Crippen molar-refractivity contribution < 1.29 is 4.52 Å². The Labute approximate surface area is 110 Å². The third-order valence-corrected chi connectivity index (χ3v) is 2.81. The van der Waals surface area contributed by atoms with Crippen molar-refractivity contribution in [3.8, 4) is 11.4 Å². The second-order valence-corrected chi connectivity index (χ2v) is 4.30. The normalized spacial score (nSPS) is 10.5. The fourth-order valence-corrected chi connectivity index (χ4v) is 1.89. The Morgan fingerprint density at radius 2 is 1.84 bits per heavy atom. The van der Waals surface area contributed by atoms with Crippen LogP contribution in [0.15, 0.2) is 59.1 Å². The van der Waals surface area contributed by atoms with Gasteiger partial charge in [0.25, 0.3) is 0 Å². The van der Waals surface area contributed by atoms with Gasteiger partial charge < -0.3 is 10.3 Å². The van der Waals surface area contributed by atoms with E-state index in [9.17, 15) is 0 Å². The molecule has 0 radical (unpaired) electrons. The summed E-state index contributed by atoms with van der Waals surface area (Å²) in [7, 11) is 0. The van der Waals surface area contributed by atoms with Gasteiger partial charge in [0.05, 0.1) is 6.42 Å². The largest absolute Gasteiger partial charge is 0.399 e. The third-order valence-electron chi connectivity index (χ3n) is 2.81. The number of aromatic nitrogens is 2. The van der Waals surface area contributed by atoms with Crippen LogP contribution in [-0.2, 0) is 6.42 Å². The molecule has 1 aromatic heterocycles. The summed E-state index contributed by atoms with van der Waals surface area (Å²) < 4.78 is 5.26. The van der Waals surface area contributed by atoms with E-state index in [-0.39, 0.29) is 0 Å². The number of nitrogens with zero attached hydrogens (tertiary/aromatic N) is 2. The second kappa shape index (κ2) is 4.94. The predicted octanol–water partition coefficient (Wildman–Crippen LogP) is 2.91.